The van der Waals surface area contributed by atoms with Crippen molar-refractivity contribution >= 4 is 17.5 Å². The minimum Gasteiger partial charge on any atom is -0.383 e. The summed E-state index contributed by atoms with van der Waals surface area (Å²) in [6, 6.07) is 7.41. The zero-order chi connectivity index (χ0) is 16.1. The van der Waals surface area contributed by atoms with Gasteiger partial charge in [-0.15, -0.1) is 0 Å². The van der Waals surface area contributed by atoms with Crippen molar-refractivity contribution in [2.75, 3.05) is 20.3 Å². The van der Waals surface area contributed by atoms with Crippen LogP contribution in [0.2, 0.25) is 5.02 Å². The number of halogens is 1. The molecule has 22 heavy (non-hydrogen) atoms. The van der Waals surface area contributed by atoms with E-state index in [1.807, 2.05) is 38.1 Å². The molecule has 1 aromatic carbocycles. The van der Waals surface area contributed by atoms with Gasteiger partial charge >= 0.3 is 0 Å². The van der Waals surface area contributed by atoms with Gasteiger partial charge in [0.05, 0.1) is 29.7 Å². The molecule has 2 aromatic rings. The molecule has 1 aromatic heterocycles. The molecule has 118 valence electrons. The summed E-state index contributed by atoms with van der Waals surface area (Å²) in [6.07, 6.45) is 1.60. The molecule has 2 rings (SSSR count). The highest BCUT2D eigenvalue weighted by atomic mass is 35.5. The number of methoxy groups -OCH3 is 1. The van der Waals surface area contributed by atoms with Crippen LogP contribution >= 0.6 is 11.6 Å². The molecule has 6 heteroatoms. The van der Waals surface area contributed by atoms with Gasteiger partial charge in [-0.2, -0.15) is 5.10 Å². The number of carbonyl (C=O) groups is 1. The number of aromatic nitrogens is 2. The summed E-state index contributed by atoms with van der Waals surface area (Å²) in [5.41, 5.74) is 2.27. The first-order valence-corrected chi connectivity index (χ1v) is 7.53. The first-order valence-electron chi connectivity index (χ1n) is 7.15. The fourth-order valence-corrected chi connectivity index (χ4v) is 2.45. The minimum absolute atomic E-state index is 0.143. The molecule has 0 aliphatic carbocycles. The van der Waals surface area contributed by atoms with Crippen molar-refractivity contribution in [3.05, 3.63) is 46.7 Å². The highest BCUT2D eigenvalue weighted by molar-refractivity contribution is 6.30. The smallest absolute Gasteiger partial charge is 0.254 e. The Morgan fingerprint density at radius 2 is 2.23 bits per heavy atom. The van der Waals surface area contributed by atoms with Gasteiger partial charge in [-0.3, -0.25) is 4.79 Å². The molecule has 1 N–H and O–H groups in total. The Labute approximate surface area is 135 Å². The number of amides is 1. The quantitative estimate of drug-likeness (QED) is 0.832. The number of hydrogen-bond acceptors (Lipinski definition) is 3. The van der Waals surface area contributed by atoms with Gasteiger partial charge in [0.15, 0.2) is 0 Å². The van der Waals surface area contributed by atoms with E-state index in [9.17, 15) is 4.79 Å². The third-order valence-electron chi connectivity index (χ3n) is 3.24. The van der Waals surface area contributed by atoms with Crippen LogP contribution in [0.25, 0.3) is 5.69 Å². The first kappa shape index (κ1) is 16.5. The second-order valence-electron chi connectivity index (χ2n) is 5.24. The Kier molecular flexibility index (Phi) is 5.57. The zero-order valence-electron chi connectivity index (χ0n) is 13.0. The molecule has 0 spiro atoms. The SMILES string of the molecule is COCCNC(=O)c1cnn(-c2cccc(Cl)c2)c1C(C)C. The molecular formula is C16H20ClN3O2. The third-order valence-corrected chi connectivity index (χ3v) is 3.48. The number of ether oxygens (including phenoxy) is 1. The lowest BCUT2D eigenvalue weighted by Gasteiger charge is -2.13. The Bertz CT molecular complexity index is 653. The lowest BCUT2D eigenvalue weighted by molar-refractivity contribution is 0.0935. The first-order chi connectivity index (χ1) is 10.5. The van der Waals surface area contributed by atoms with Gasteiger partial charge in [0.25, 0.3) is 5.91 Å². The Morgan fingerprint density at radius 1 is 1.45 bits per heavy atom. The molecule has 1 heterocycles. The normalized spacial score (nSPS) is 11.0. The van der Waals surface area contributed by atoms with Crippen molar-refractivity contribution in [1.82, 2.24) is 15.1 Å². The highest BCUT2D eigenvalue weighted by Crippen LogP contribution is 2.24. The molecule has 0 aliphatic heterocycles. The maximum absolute atomic E-state index is 12.3. The van der Waals surface area contributed by atoms with Crippen molar-refractivity contribution < 1.29 is 9.53 Å². The average molecular weight is 322 g/mol. The van der Waals surface area contributed by atoms with E-state index in [-0.39, 0.29) is 11.8 Å². The monoisotopic (exact) mass is 321 g/mol. The molecule has 0 saturated heterocycles. The predicted molar refractivity (Wildman–Crippen MR) is 86.9 cm³/mol. The van der Waals surface area contributed by atoms with Crippen LogP contribution in [0, 0.1) is 0 Å². The molecule has 0 fully saturated rings. The summed E-state index contributed by atoms with van der Waals surface area (Å²) >= 11 is 6.05. The number of hydrogen-bond donors (Lipinski definition) is 1. The Morgan fingerprint density at radius 3 is 2.86 bits per heavy atom. The van der Waals surface area contributed by atoms with E-state index in [2.05, 4.69) is 10.4 Å². The summed E-state index contributed by atoms with van der Waals surface area (Å²) in [7, 11) is 1.60. The number of carbonyl (C=O) groups excluding carboxylic acids is 1. The molecule has 0 bridgehead atoms. The summed E-state index contributed by atoms with van der Waals surface area (Å²) in [5, 5.41) is 7.83. The summed E-state index contributed by atoms with van der Waals surface area (Å²) in [4.78, 5) is 12.3. The average Bonchev–Trinajstić information content (AvgIpc) is 2.92. The van der Waals surface area contributed by atoms with Gasteiger partial charge in [-0.1, -0.05) is 31.5 Å². The van der Waals surface area contributed by atoms with Crippen molar-refractivity contribution in [2.45, 2.75) is 19.8 Å². The van der Waals surface area contributed by atoms with Crippen molar-refractivity contribution in [1.29, 1.82) is 0 Å². The fourth-order valence-electron chi connectivity index (χ4n) is 2.26. The summed E-state index contributed by atoms with van der Waals surface area (Å²) in [5.74, 6) is -0.00122. The standard InChI is InChI=1S/C16H20ClN3O2/c1-11(2)15-14(16(21)18-7-8-22-3)10-19-20(15)13-6-4-5-12(17)9-13/h4-6,9-11H,7-8H2,1-3H3,(H,18,21). The summed E-state index contributed by atoms with van der Waals surface area (Å²) in [6.45, 7) is 5.01. The Hall–Kier alpha value is -1.85. The highest BCUT2D eigenvalue weighted by Gasteiger charge is 2.20. The third kappa shape index (κ3) is 3.67. The second-order valence-corrected chi connectivity index (χ2v) is 5.67. The van der Waals surface area contributed by atoms with Crippen LogP contribution < -0.4 is 5.32 Å². The maximum Gasteiger partial charge on any atom is 0.254 e. The number of benzene rings is 1. The molecule has 0 radical (unpaired) electrons. The number of rotatable bonds is 6. The van der Waals surface area contributed by atoms with Gasteiger partial charge in [0.1, 0.15) is 0 Å². The van der Waals surface area contributed by atoms with E-state index >= 15 is 0 Å². The van der Waals surface area contributed by atoms with Gasteiger partial charge in [-0.25, -0.2) is 4.68 Å². The number of nitrogens with zero attached hydrogens (tertiary/aromatic N) is 2. The predicted octanol–water partition coefficient (Wildman–Crippen LogP) is 3.03. The van der Waals surface area contributed by atoms with Gasteiger partial charge in [-0.05, 0) is 24.1 Å². The van der Waals surface area contributed by atoms with Crippen LogP contribution in [0.5, 0.6) is 0 Å². The van der Waals surface area contributed by atoms with Crippen molar-refractivity contribution in [3.8, 4) is 5.69 Å². The van der Waals surface area contributed by atoms with Gasteiger partial charge in [0, 0.05) is 18.7 Å². The topological polar surface area (TPSA) is 56.1 Å². The van der Waals surface area contributed by atoms with Crippen LogP contribution in [0.4, 0.5) is 0 Å². The maximum atomic E-state index is 12.3. The molecule has 0 unspecified atom stereocenters. The van der Waals surface area contributed by atoms with Crippen LogP contribution in [0.15, 0.2) is 30.5 Å². The molecule has 0 atom stereocenters. The van der Waals surface area contributed by atoms with Crippen molar-refractivity contribution in [2.24, 2.45) is 0 Å². The van der Waals surface area contributed by atoms with Gasteiger partial charge in [0.2, 0.25) is 0 Å². The molecular weight excluding hydrogens is 302 g/mol. The van der Waals surface area contributed by atoms with E-state index in [1.165, 1.54) is 0 Å². The van der Waals surface area contributed by atoms with Crippen LogP contribution in [0.1, 0.15) is 35.8 Å². The fraction of sp³-hybridized carbons (Fsp3) is 0.375. The van der Waals surface area contributed by atoms with E-state index < -0.39 is 0 Å². The van der Waals surface area contributed by atoms with E-state index in [0.717, 1.165) is 11.4 Å². The van der Waals surface area contributed by atoms with E-state index in [4.69, 9.17) is 16.3 Å². The number of nitrogens with one attached hydrogen (secondary N) is 1. The molecule has 5 nitrogen and oxygen atoms in total. The van der Waals surface area contributed by atoms with Crippen molar-refractivity contribution in [3.63, 3.8) is 0 Å². The van der Waals surface area contributed by atoms with E-state index in [0.29, 0.717) is 23.7 Å². The van der Waals surface area contributed by atoms with Crippen LogP contribution in [-0.4, -0.2) is 35.9 Å². The second kappa shape index (κ2) is 7.42. The van der Waals surface area contributed by atoms with Gasteiger partial charge < -0.3 is 10.1 Å². The van der Waals surface area contributed by atoms with Crippen LogP contribution in [0.3, 0.4) is 0 Å². The minimum atomic E-state index is -0.144. The zero-order valence-corrected chi connectivity index (χ0v) is 13.7. The lowest BCUT2D eigenvalue weighted by Crippen LogP contribution is -2.27. The van der Waals surface area contributed by atoms with Crippen LogP contribution in [-0.2, 0) is 4.74 Å². The Balaban J connectivity index is 2.35. The largest absolute Gasteiger partial charge is 0.383 e. The lowest BCUT2D eigenvalue weighted by atomic mass is 10.1. The molecule has 1 amide bonds. The summed E-state index contributed by atoms with van der Waals surface area (Å²) < 4.78 is 6.71. The van der Waals surface area contributed by atoms with E-state index in [1.54, 1.807) is 18.0 Å². The molecule has 0 aliphatic rings. The molecule has 0 saturated carbocycles.